The molecule has 1 atom stereocenters. The fourth-order valence-corrected chi connectivity index (χ4v) is 4.34. The first-order valence-corrected chi connectivity index (χ1v) is 10.3. The summed E-state index contributed by atoms with van der Waals surface area (Å²) in [5, 5.41) is 5.82. The van der Waals surface area contributed by atoms with Gasteiger partial charge in [0, 0.05) is 29.1 Å². The number of carbonyl (C=O) groups excluding carboxylic acids is 2. The van der Waals surface area contributed by atoms with Gasteiger partial charge in [0.1, 0.15) is 0 Å². The topological polar surface area (TPSA) is 62.3 Å². The fraction of sp³-hybridized carbons (Fsp3) is 0.136. The van der Waals surface area contributed by atoms with Crippen LogP contribution in [-0.2, 0) is 9.59 Å². The zero-order valence-electron chi connectivity index (χ0n) is 15.6. The minimum absolute atomic E-state index is 0.108. The van der Waals surface area contributed by atoms with E-state index in [0.717, 1.165) is 16.7 Å². The lowest BCUT2D eigenvalue weighted by Crippen LogP contribution is -2.33. The maximum atomic E-state index is 12.7. The van der Waals surface area contributed by atoms with Crippen LogP contribution in [0.2, 0.25) is 5.02 Å². The van der Waals surface area contributed by atoms with Crippen molar-refractivity contribution in [3.8, 4) is 11.3 Å². The number of carbonyl (C=O) groups is 2. The van der Waals surface area contributed by atoms with E-state index in [0.29, 0.717) is 15.8 Å². The molecule has 0 aliphatic carbocycles. The third kappa shape index (κ3) is 4.09. The number of halogens is 1. The van der Waals surface area contributed by atoms with Crippen molar-refractivity contribution in [2.24, 2.45) is 0 Å². The number of amides is 2. The monoisotopic (exact) mass is 423 g/mol. The summed E-state index contributed by atoms with van der Waals surface area (Å²) in [6.07, 6.45) is 3.77. The molecule has 29 heavy (non-hydrogen) atoms. The van der Waals surface area contributed by atoms with Crippen molar-refractivity contribution in [3.05, 3.63) is 76.3 Å². The largest absolute Gasteiger partial charge is 0.311 e. The van der Waals surface area contributed by atoms with Gasteiger partial charge in [-0.05, 0) is 23.3 Å². The molecule has 1 aromatic heterocycles. The predicted molar refractivity (Wildman–Crippen MR) is 117 cm³/mol. The van der Waals surface area contributed by atoms with Crippen molar-refractivity contribution in [2.75, 3.05) is 5.32 Å². The molecule has 1 aliphatic heterocycles. The lowest BCUT2D eigenvalue weighted by Gasteiger charge is -2.32. The lowest BCUT2D eigenvalue weighted by molar-refractivity contribution is -0.129. The Morgan fingerprint density at radius 2 is 1.93 bits per heavy atom. The number of thiazole rings is 1. The molecular weight excluding hydrogens is 406 g/mol. The second-order valence-electron chi connectivity index (χ2n) is 6.66. The molecule has 0 fully saturated rings. The average molecular weight is 424 g/mol. The number of aromatic nitrogens is 1. The van der Waals surface area contributed by atoms with E-state index in [-0.39, 0.29) is 24.3 Å². The third-order valence-electron chi connectivity index (χ3n) is 4.75. The highest BCUT2D eigenvalue weighted by molar-refractivity contribution is 7.14. The second kappa shape index (κ2) is 8.19. The van der Waals surface area contributed by atoms with Gasteiger partial charge in [0.2, 0.25) is 11.8 Å². The first-order chi connectivity index (χ1) is 14.0. The summed E-state index contributed by atoms with van der Waals surface area (Å²) < 4.78 is 0. The van der Waals surface area contributed by atoms with Crippen LogP contribution in [0.4, 0.5) is 5.13 Å². The van der Waals surface area contributed by atoms with Crippen molar-refractivity contribution < 1.29 is 9.59 Å². The summed E-state index contributed by atoms with van der Waals surface area (Å²) in [7, 11) is 0. The molecular formula is C22H18ClN3O2S. The number of anilines is 1. The molecule has 2 heterocycles. The van der Waals surface area contributed by atoms with Crippen LogP contribution in [0.1, 0.15) is 30.5 Å². The zero-order chi connectivity index (χ0) is 20.4. The van der Waals surface area contributed by atoms with Crippen molar-refractivity contribution in [2.45, 2.75) is 19.4 Å². The number of fused-ring (bicyclic) bond motifs is 1. The minimum Gasteiger partial charge on any atom is -0.311 e. The predicted octanol–water partition coefficient (Wildman–Crippen LogP) is 5.37. The summed E-state index contributed by atoms with van der Waals surface area (Å²) in [4.78, 5) is 30.9. The molecule has 146 valence electrons. The van der Waals surface area contributed by atoms with Crippen LogP contribution >= 0.6 is 22.9 Å². The molecule has 7 heteroatoms. The normalized spacial score (nSPS) is 15.1. The van der Waals surface area contributed by atoms with Gasteiger partial charge in [-0.15, -0.1) is 11.3 Å². The number of rotatable bonds is 4. The molecule has 0 saturated carbocycles. The van der Waals surface area contributed by atoms with Crippen molar-refractivity contribution in [3.63, 3.8) is 0 Å². The van der Waals surface area contributed by atoms with Crippen molar-refractivity contribution >= 4 is 46.0 Å². The number of nitrogens with one attached hydrogen (secondary N) is 1. The summed E-state index contributed by atoms with van der Waals surface area (Å²) in [6, 6.07) is 14.9. The molecule has 0 radical (unpaired) electrons. The molecule has 0 spiro atoms. The van der Waals surface area contributed by atoms with Crippen LogP contribution < -0.4 is 5.32 Å². The maximum Gasteiger partial charge on any atom is 0.228 e. The van der Waals surface area contributed by atoms with E-state index in [1.54, 1.807) is 17.2 Å². The van der Waals surface area contributed by atoms with E-state index < -0.39 is 0 Å². The Balaban J connectivity index is 1.52. The van der Waals surface area contributed by atoms with Crippen LogP contribution in [0.25, 0.3) is 17.3 Å². The molecule has 2 amide bonds. The SMILES string of the molecule is CC(=O)N1C=Cc2ccccc2C1CC(=O)Nc1nc(-c2ccccc2Cl)cs1. The Morgan fingerprint density at radius 1 is 1.17 bits per heavy atom. The first-order valence-electron chi connectivity index (χ1n) is 9.09. The molecule has 5 nitrogen and oxygen atoms in total. The fourth-order valence-electron chi connectivity index (χ4n) is 3.38. The van der Waals surface area contributed by atoms with Crippen LogP contribution in [0.3, 0.4) is 0 Å². The Bertz CT molecular complexity index is 1110. The van der Waals surface area contributed by atoms with Gasteiger partial charge in [0.15, 0.2) is 5.13 Å². The third-order valence-corrected chi connectivity index (χ3v) is 5.84. The van der Waals surface area contributed by atoms with Gasteiger partial charge in [0.05, 0.1) is 18.2 Å². The van der Waals surface area contributed by atoms with Crippen LogP contribution in [0.15, 0.2) is 60.1 Å². The van der Waals surface area contributed by atoms with E-state index in [2.05, 4.69) is 10.3 Å². The molecule has 1 unspecified atom stereocenters. The number of nitrogens with zero attached hydrogens (tertiary/aromatic N) is 2. The summed E-state index contributed by atoms with van der Waals surface area (Å²) in [6.45, 7) is 1.50. The van der Waals surface area contributed by atoms with Crippen molar-refractivity contribution in [1.29, 1.82) is 0 Å². The van der Waals surface area contributed by atoms with Gasteiger partial charge >= 0.3 is 0 Å². The first kappa shape index (κ1) is 19.4. The van der Waals surface area contributed by atoms with Gasteiger partial charge in [0.25, 0.3) is 0 Å². The highest BCUT2D eigenvalue weighted by atomic mass is 35.5. The van der Waals surface area contributed by atoms with Crippen LogP contribution in [0, 0.1) is 0 Å². The molecule has 2 aromatic carbocycles. The molecule has 4 rings (SSSR count). The van der Waals surface area contributed by atoms with Crippen LogP contribution in [0.5, 0.6) is 0 Å². The Morgan fingerprint density at radius 3 is 2.72 bits per heavy atom. The maximum absolute atomic E-state index is 12.7. The number of hydrogen-bond acceptors (Lipinski definition) is 4. The highest BCUT2D eigenvalue weighted by Crippen LogP contribution is 2.34. The van der Waals surface area contributed by atoms with Gasteiger partial charge in [-0.3, -0.25) is 9.59 Å². The molecule has 1 aliphatic rings. The average Bonchev–Trinajstić information content (AvgIpc) is 3.16. The van der Waals surface area contributed by atoms with Crippen molar-refractivity contribution in [1.82, 2.24) is 9.88 Å². The van der Waals surface area contributed by atoms with Gasteiger partial charge in [-0.2, -0.15) is 0 Å². The zero-order valence-corrected chi connectivity index (χ0v) is 17.2. The van der Waals surface area contributed by atoms with Gasteiger partial charge < -0.3 is 10.2 Å². The van der Waals surface area contributed by atoms with Gasteiger partial charge in [-0.1, -0.05) is 54.1 Å². The van der Waals surface area contributed by atoms with Crippen LogP contribution in [-0.4, -0.2) is 21.7 Å². The Kier molecular flexibility index (Phi) is 5.47. The quantitative estimate of drug-likeness (QED) is 0.613. The van der Waals surface area contributed by atoms with E-state index in [1.807, 2.05) is 53.9 Å². The molecule has 0 bridgehead atoms. The van der Waals surface area contributed by atoms with E-state index >= 15 is 0 Å². The lowest BCUT2D eigenvalue weighted by atomic mass is 9.93. The van der Waals surface area contributed by atoms with E-state index in [1.165, 1.54) is 18.3 Å². The van der Waals surface area contributed by atoms with E-state index in [9.17, 15) is 9.59 Å². The van der Waals surface area contributed by atoms with Gasteiger partial charge in [-0.25, -0.2) is 4.98 Å². The Labute approximate surface area is 177 Å². The standard InChI is InChI=1S/C22H18ClN3O2S/c1-14(27)26-11-10-15-6-2-3-7-16(15)20(26)12-21(28)25-22-24-19(13-29-22)17-8-4-5-9-18(17)23/h2-11,13,20H,12H2,1H3,(H,24,25,28). The molecule has 1 N–H and O–H groups in total. The highest BCUT2D eigenvalue weighted by Gasteiger charge is 2.28. The summed E-state index contributed by atoms with van der Waals surface area (Å²) in [5.74, 6) is -0.310. The number of benzene rings is 2. The smallest absolute Gasteiger partial charge is 0.228 e. The minimum atomic E-state index is -0.350. The number of hydrogen-bond donors (Lipinski definition) is 1. The second-order valence-corrected chi connectivity index (χ2v) is 7.92. The molecule has 3 aromatic rings. The summed E-state index contributed by atoms with van der Waals surface area (Å²) in [5.41, 5.74) is 3.50. The molecule has 0 saturated heterocycles. The van der Waals surface area contributed by atoms with E-state index in [4.69, 9.17) is 11.6 Å². The Hall–Kier alpha value is -2.96. The summed E-state index contributed by atoms with van der Waals surface area (Å²) >= 11 is 7.57.